The van der Waals surface area contributed by atoms with Gasteiger partial charge >= 0.3 is 0 Å². The molecule has 0 saturated heterocycles. The van der Waals surface area contributed by atoms with Gasteiger partial charge in [-0.05, 0) is 33.3 Å². The van der Waals surface area contributed by atoms with E-state index in [4.69, 9.17) is 4.74 Å². The van der Waals surface area contributed by atoms with E-state index in [0.717, 1.165) is 29.2 Å². The predicted octanol–water partition coefficient (Wildman–Crippen LogP) is 3.33. The summed E-state index contributed by atoms with van der Waals surface area (Å²) in [5, 5.41) is 4.64. The van der Waals surface area contributed by atoms with Crippen LogP contribution in [0.5, 0.6) is 5.88 Å². The summed E-state index contributed by atoms with van der Waals surface area (Å²) in [5.74, 6) is 0.643. The average Bonchev–Trinajstić information content (AvgIpc) is 2.77. The average molecular weight is 305 g/mol. The van der Waals surface area contributed by atoms with E-state index < -0.39 is 0 Å². The molecule has 0 aromatic carbocycles. The fourth-order valence-electron chi connectivity index (χ4n) is 1.88. The van der Waals surface area contributed by atoms with Crippen LogP contribution in [-0.2, 0) is 13.0 Å². The SMILES string of the molecule is COc1ccc(Cc2nc(C)c(CNC(C)(C)C)s2)cn1. The fourth-order valence-corrected chi connectivity index (χ4v) is 2.93. The van der Waals surface area contributed by atoms with Crippen LogP contribution in [0.3, 0.4) is 0 Å². The number of aromatic nitrogens is 2. The maximum atomic E-state index is 5.07. The first kappa shape index (κ1) is 15.9. The van der Waals surface area contributed by atoms with Gasteiger partial charge in [0.15, 0.2) is 0 Å². The zero-order valence-corrected chi connectivity index (χ0v) is 14.2. The minimum Gasteiger partial charge on any atom is -0.481 e. The molecule has 5 heteroatoms. The largest absolute Gasteiger partial charge is 0.481 e. The van der Waals surface area contributed by atoms with Crippen LogP contribution in [0.15, 0.2) is 18.3 Å². The summed E-state index contributed by atoms with van der Waals surface area (Å²) in [6, 6.07) is 3.92. The maximum absolute atomic E-state index is 5.07. The van der Waals surface area contributed by atoms with Crippen molar-refractivity contribution in [2.24, 2.45) is 0 Å². The van der Waals surface area contributed by atoms with Crippen LogP contribution in [0, 0.1) is 6.92 Å². The van der Waals surface area contributed by atoms with E-state index in [0.29, 0.717) is 5.88 Å². The first-order chi connectivity index (χ1) is 9.87. The molecule has 0 fully saturated rings. The molecular formula is C16H23N3OS. The first-order valence-electron chi connectivity index (χ1n) is 7.06. The third kappa shape index (κ3) is 4.79. The number of rotatable bonds is 5. The second-order valence-electron chi connectivity index (χ2n) is 6.11. The number of ether oxygens (including phenoxy) is 1. The van der Waals surface area contributed by atoms with Crippen LogP contribution in [0.25, 0.3) is 0 Å². The molecule has 0 radical (unpaired) electrons. The lowest BCUT2D eigenvalue weighted by molar-refractivity contribution is 0.397. The number of pyridine rings is 1. The summed E-state index contributed by atoms with van der Waals surface area (Å²) in [5.41, 5.74) is 2.39. The Hall–Kier alpha value is -1.46. The Balaban J connectivity index is 2.03. The van der Waals surface area contributed by atoms with E-state index in [9.17, 15) is 0 Å². The first-order valence-corrected chi connectivity index (χ1v) is 7.88. The molecule has 0 spiro atoms. The molecule has 0 atom stereocenters. The quantitative estimate of drug-likeness (QED) is 0.920. The van der Waals surface area contributed by atoms with Crippen molar-refractivity contribution in [3.63, 3.8) is 0 Å². The lowest BCUT2D eigenvalue weighted by Gasteiger charge is -2.19. The maximum Gasteiger partial charge on any atom is 0.212 e. The van der Waals surface area contributed by atoms with E-state index >= 15 is 0 Å². The van der Waals surface area contributed by atoms with Crippen LogP contribution in [0.1, 0.15) is 41.9 Å². The van der Waals surface area contributed by atoms with Crippen LogP contribution in [-0.4, -0.2) is 22.6 Å². The summed E-state index contributed by atoms with van der Waals surface area (Å²) in [4.78, 5) is 10.2. The van der Waals surface area contributed by atoms with Gasteiger partial charge in [-0.15, -0.1) is 11.3 Å². The molecule has 2 aromatic rings. The van der Waals surface area contributed by atoms with Gasteiger partial charge in [0.05, 0.1) is 17.8 Å². The molecule has 0 aliphatic rings. The molecule has 114 valence electrons. The summed E-state index contributed by atoms with van der Waals surface area (Å²) in [6.07, 6.45) is 2.67. The third-order valence-electron chi connectivity index (χ3n) is 3.08. The van der Waals surface area contributed by atoms with Crippen molar-refractivity contribution in [1.82, 2.24) is 15.3 Å². The van der Waals surface area contributed by atoms with Crippen LogP contribution in [0.4, 0.5) is 0 Å². The van der Waals surface area contributed by atoms with Gasteiger partial charge in [-0.3, -0.25) is 0 Å². The number of aryl methyl sites for hydroxylation is 1. The van der Waals surface area contributed by atoms with Crippen molar-refractivity contribution in [2.45, 2.75) is 46.2 Å². The lowest BCUT2D eigenvalue weighted by atomic mass is 10.1. The second-order valence-corrected chi connectivity index (χ2v) is 7.27. The van der Waals surface area contributed by atoms with E-state index in [1.54, 1.807) is 18.4 Å². The molecule has 0 amide bonds. The van der Waals surface area contributed by atoms with Crippen LogP contribution < -0.4 is 10.1 Å². The van der Waals surface area contributed by atoms with Gasteiger partial charge in [-0.25, -0.2) is 9.97 Å². The van der Waals surface area contributed by atoms with Gasteiger partial charge in [-0.1, -0.05) is 6.07 Å². The fraction of sp³-hybridized carbons (Fsp3) is 0.500. The molecule has 0 aliphatic heterocycles. The highest BCUT2D eigenvalue weighted by Crippen LogP contribution is 2.21. The van der Waals surface area contributed by atoms with Crippen molar-refractivity contribution >= 4 is 11.3 Å². The number of hydrogen-bond donors (Lipinski definition) is 1. The van der Waals surface area contributed by atoms with Gasteiger partial charge in [0, 0.05) is 35.6 Å². The second kappa shape index (κ2) is 6.54. The summed E-state index contributed by atoms with van der Waals surface area (Å²) >= 11 is 1.77. The molecule has 0 aliphatic carbocycles. The lowest BCUT2D eigenvalue weighted by Crippen LogP contribution is -2.34. The van der Waals surface area contributed by atoms with Gasteiger partial charge in [0.1, 0.15) is 0 Å². The van der Waals surface area contributed by atoms with Gasteiger partial charge in [0.25, 0.3) is 0 Å². The number of nitrogens with one attached hydrogen (secondary N) is 1. The molecular weight excluding hydrogens is 282 g/mol. The highest BCUT2D eigenvalue weighted by molar-refractivity contribution is 7.11. The molecule has 4 nitrogen and oxygen atoms in total. The van der Waals surface area contributed by atoms with Crippen molar-refractivity contribution in [2.75, 3.05) is 7.11 Å². The Morgan fingerprint density at radius 2 is 2.05 bits per heavy atom. The smallest absolute Gasteiger partial charge is 0.212 e. The highest BCUT2D eigenvalue weighted by Gasteiger charge is 2.13. The Bertz CT molecular complexity index is 585. The molecule has 0 unspecified atom stereocenters. The van der Waals surface area contributed by atoms with Crippen LogP contribution >= 0.6 is 11.3 Å². The van der Waals surface area contributed by atoms with E-state index in [1.165, 1.54) is 4.88 Å². The molecule has 2 heterocycles. The number of hydrogen-bond acceptors (Lipinski definition) is 5. The van der Waals surface area contributed by atoms with Gasteiger partial charge in [0.2, 0.25) is 5.88 Å². The predicted molar refractivity (Wildman–Crippen MR) is 87.0 cm³/mol. The van der Waals surface area contributed by atoms with Gasteiger partial charge in [-0.2, -0.15) is 0 Å². The normalized spacial score (nSPS) is 11.7. The topological polar surface area (TPSA) is 47.0 Å². The van der Waals surface area contributed by atoms with Crippen molar-refractivity contribution in [1.29, 1.82) is 0 Å². The Kier molecular flexibility index (Phi) is 4.96. The highest BCUT2D eigenvalue weighted by atomic mass is 32.1. The van der Waals surface area contributed by atoms with Crippen LogP contribution in [0.2, 0.25) is 0 Å². The van der Waals surface area contributed by atoms with Crippen molar-refractivity contribution in [3.05, 3.63) is 39.5 Å². The minimum absolute atomic E-state index is 0.122. The van der Waals surface area contributed by atoms with E-state index in [-0.39, 0.29) is 5.54 Å². The van der Waals surface area contributed by atoms with E-state index in [1.807, 2.05) is 18.3 Å². The zero-order valence-electron chi connectivity index (χ0n) is 13.4. The summed E-state index contributed by atoms with van der Waals surface area (Å²) < 4.78 is 5.07. The Labute approximate surface area is 130 Å². The molecule has 21 heavy (non-hydrogen) atoms. The number of methoxy groups -OCH3 is 1. The standard InChI is InChI=1S/C16H23N3OS/c1-11-13(10-18-16(2,3)4)21-15(19-11)8-12-6-7-14(20-5)17-9-12/h6-7,9,18H,8,10H2,1-5H3. The molecule has 2 rings (SSSR count). The molecule has 1 N–H and O–H groups in total. The van der Waals surface area contributed by atoms with Crippen molar-refractivity contribution < 1.29 is 4.74 Å². The molecule has 0 bridgehead atoms. The number of nitrogens with zero attached hydrogens (tertiary/aromatic N) is 2. The third-order valence-corrected chi connectivity index (χ3v) is 4.24. The van der Waals surface area contributed by atoms with Crippen molar-refractivity contribution in [3.8, 4) is 5.88 Å². The van der Waals surface area contributed by atoms with E-state index in [2.05, 4.69) is 43.0 Å². The molecule has 2 aromatic heterocycles. The zero-order chi connectivity index (χ0) is 15.5. The Morgan fingerprint density at radius 1 is 1.29 bits per heavy atom. The minimum atomic E-state index is 0.122. The van der Waals surface area contributed by atoms with Gasteiger partial charge < -0.3 is 10.1 Å². The summed E-state index contributed by atoms with van der Waals surface area (Å²) in [6.45, 7) is 9.47. The number of thiazole rings is 1. The molecule has 0 saturated carbocycles. The summed E-state index contributed by atoms with van der Waals surface area (Å²) in [7, 11) is 1.63. The Morgan fingerprint density at radius 3 is 2.62 bits per heavy atom. The monoisotopic (exact) mass is 305 g/mol.